The zero-order valence-electron chi connectivity index (χ0n) is 47.1. The van der Waals surface area contributed by atoms with Crippen molar-refractivity contribution in [2.75, 3.05) is 32.9 Å². The first-order chi connectivity index (χ1) is 39.4. The number of nitrogens with one attached hydrogen (secondary N) is 10. The summed E-state index contributed by atoms with van der Waals surface area (Å²) >= 11 is 0. The van der Waals surface area contributed by atoms with E-state index in [0.29, 0.717) is 12.0 Å². The van der Waals surface area contributed by atoms with Gasteiger partial charge in [-0.1, -0.05) is 44.2 Å². The molecule has 1 fully saturated rings. The molecule has 33 nitrogen and oxygen atoms in total. The maximum atomic E-state index is 14.0. The van der Waals surface area contributed by atoms with Crippen LogP contribution in [0.2, 0.25) is 0 Å². The molecular weight excluding hydrogens is 1110 g/mol. The van der Waals surface area contributed by atoms with Gasteiger partial charge in [0, 0.05) is 25.8 Å². The third kappa shape index (κ3) is 24.2. The molecule has 0 aromatic heterocycles. The van der Waals surface area contributed by atoms with Gasteiger partial charge in [-0.3, -0.25) is 62.3 Å². The van der Waals surface area contributed by atoms with Crippen LogP contribution in [-0.2, 0) is 73.5 Å². The van der Waals surface area contributed by atoms with Gasteiger partial charge in [-0.25, -0.2) is 4.79 Å². The van der Waals surface area contributed by atoms with Crippen LogP contribution in [0.15, 0.2) is 30.3 Å². The fraction of sp³-hybridized carbons (Fsp3) is 0.608. The Kier molecular flexibility index (Phi) is 30.4. The average Bonchev–Trinajstić information content (AvgIpc) is 4.12. The van der Waals surface area contributed by atoms with E-state index >= 15 is 0 Å². The number of aliphatic carboxylic acids is 2. The molecule has 1 aromatic carbocycles. The number of nitrogens with two attached hydrogens (primary N) is 2. The van der Waals surface area contributed by atoms with Crippen molar-refractivity contribution in [2.45, 2.75) is 159 Å². The lowest BCUT2D eigenvalue weighted by Crippen LogP contribution is -2.62. The van der Waals surface area contributed by atoms with Crippen LogP contribution in [0.5, 0.6) is 0 Å². The second-order valence-electron chi connectivity index (χ2n) is 20.3. The van der Waals surface area contributed by atoms with Gasteiger partial charge >= 0.3 is 11.9 Å². The van der Waals surface area contributed by atoms with Crippen molar-refractivity contribution in [1.29, 1.82) is 0 Å². The highest BCUT2D eigenvalue weighted by Crippen LogP contribution is 2.20. The fourth-order valence-corrected chi connectivity index (χ4v) is 8.15. The van der Waals surface area contributed by atoms with Crippen LogP contribution in [0.1, 0.15) is 85.1 Å². The zero-order chi connectivity index (χ0) is 63.5. The van der Waals surface area contributed by atoms with Gasteiger partial charge in [-0.2, -0.15) is 0 Å². The van der Waals surface area contributed by atoms with Gasteiger partial charge in [0.15, 0.2) is 0 Å². The van der Waals surface area contributed by atoms with E-state index in [9.17, 15) is 92.7 Å². The SMILES string of the molecule is CC(C)C[C@H](NC(=O)[C@H](C)NC(=O)[C@@H](NC(=O)[C@H](Cc1ccccc1)NC(=O)[C@H](C)NC(=O)[C@H](CO)NC(=O)[C@H](CO)NC(=O)[C@@H](N)CCC(=O)O)[C@@H](C)O)C(=O)N[C@@H](CO)C(=O)NCC(=O)N[C@@H](CCC(N)=O)C(=O)N1CCC[C@H]1C(=O)O. The number of carboxylic acids is 2. The number of carboxylic acid groups (broad SMARTS) is 2. The van der Waals surface area contributed by atoms with E-state index in [0.717, 1.165) is 11.8 Å². The number of carbonyl (C=O) groups excluding carboxylic acids is 12. The Morgan fingerprint density at radius 1 is 0.571 bits per heavy atom. The van der Waals surface area contributed by atoms with Crippen molar-refractivity contribution < 1.29 is 97.8 Å². The van der Waals surface area contributed by atoms with E-state index in [1.165, 1.54) is 13.8 Å². The number of carbonyl (C=O) groups is 14. The Morgan fingerprint density at radius 2 is 1.06 bits per heavy atom. The van der Waals surface area contributed by atoms with Crippen LogP contribution in [0.4, 0.5) is 0 Å². The predicted octanol–water partition coefficient (Wildman–Crippen LogP) is -8.31. The number of hydrogen-bond acceptors (Lipinski definition) is 19. The van der Waals surface area contributed by atoms with E-state index in [1.807, 2.05) is 0 Å². The molecule has 0 bridgehead atoms. The summed E-state index contributed by atoms with van der Waals surface area (Å²) < 4.78 is 0. The zero-order valence-corrected chi connectivity index (χ0v) is 47.1. The molecule has 1 heterocycles. The molecule has 1 saturated heterocycles. The molecule has 12 amide bonds. The topological polar surface area (TPSA) is 536 Å². The summed E-state index contributed by atoms with van der Waals surface area (Å²) in [5, 5.41) is 81.7. The number of rotatable bonds is 36. The van der Waals surface area contributed by atoms with E-state index < -0.39 is 188 Å². The summed E-state index contributed by atoms with van der Waals surface area (Å²) in [5.41, 5.74) is 11.4. The minimum absolute atomic E-state index is 0.0650. The number of amides is 12. The van der Waals surface area contributed by atoms with Crippen molar-refractivity contribution in [2.24, 2.45) is 17.4 Å². The highest BCUT2D eigenvalue weighted by Gasteiger charge is 2.39. The van der Waals surface area contributed by atoms with Crippen molar-refractivity contribution in [3.8, 4) is 0 Å². The van der Waals surface area contributed by atoms with Gasteiger partial charge in [-0.15, -0.1) is 0 Å². The van der Waals surface area contributed by atoms with Crippen LogP contribution < -0.4 is 64.6 Å². The van der Waals surface area contributed by atoms with E-state index in [4.69, 9.17) is 16.6 Å². The first-order valence-corrected chi connectivity index (χ1v) is 26.8. The summed E-state index contributed by atoms with van der Waals surface area (Å²) in [6.45, 7) is 3.05. The van der Waals surface area contributed by atoms with E-state index in [1.54, 1.807) is 44.2 Å². The smallest absolute Gasteiger partial charge is 0.326 e. The lowest BCUT2D eigenvalue weighted by molar-refractivity contribution is -0.149. The number of likely N-dealkylation sites (tertiary alicyclic amines) is 1. The molecule has 0 aliphatic carbocycles. The monoisotopic (exact) mass is 1190 g/mol. The van der Waals surface area contributed by atoms with Crippen LogP contribution in [0, 0.1) is 5.92 Å². The number of primary amides is 1. The molecule has 2 rings (SSSR count). The first kappa shape index (κ1) is 71.7. The maximum absolute atomic E-state index is 14.0. The third-order valence-electron chi connectivity index (χ3n) is 12.8. The number of aliphatic hydroxyl groups is 4. The molecule has 1 aliphatic heterocycles. The number of nitrogens with zero attached hydrogens (tertiary/aromatic N) is 1. The molecule has 0 spiro atoms. The Hall–Kier alpha value is -8.40. The lowest BCUT2D eigenvalue weighted by Gasteiger charge is -2.28. The van der Waals surface area contributed by atoms with Gasteiger partial charge in [0.2, 0.25) is 70.9 Å². The highest BCUT2D eigenvalue weighted by molar-refractivity contribution is 5.99. The van der Waals surface area contributed by atoms with E-state index in [2.05, 4.69) is 53.2 Å². The largest absolute Gasteiger partial charge is 0.481 e. The number of hydrogen-bond donors (Lipinski definition) is 18. The quantitative estimate of drug-likeness (QED) is 0.0297. The maximum Gasteiger partial charge on any atom is 0.326 e. The van der Waals surface area contributed by atoms with Crippen LogP contribution in [0.3, 0.4) is 0 Å². The van der Waals surface area contributed by atoms with Crippen LogP contribution in [0.25, 0.3) is 0 Å². The first-order valence-electron chi connectivity index (χ1n) is 26.8. The summed E-state index contributed by atoms with van der Waals surface area (Å²) in [6.07, 6.45) is -2.86. The Labute approximate surface area is 482 Å². The second-order valence-corrected chi connectivity index (χ2v) is 20.3. The van der Waals surface area contributed by atoms with Crippen molar-refractivity contribution in [3.63, 3.8) is 0 Å². The van der Waals surface area contributed by atoms with Crippen LogP contribution in [-0.4, -0.2) is 224 Å². The van der Waals surface area contributed by atoms with Gasteiger partial charge in [0.05, 0.1) is 38.5 Å². The molecule has 0 saturated carbocycles. The molecule has 468 valence electrons. The van der Waals surface area contributed by atoms with Crippen LogP contribution >= 0.6 is 0 Å². The molecule has 1 aliphatic rings. The lowest BCUT2D eigenvalue weighted by atomic mass is 10.0. The van der Waals surface area contributed by atoms with Crippen molar-refractivity contribution in [3.05, 3.63) is 35.9 Å². The third-order valence-corrected chi connectivity index (χ3v) is 12.8. The molecule has 84 heavy (non-hydrogen) atoms. The highest BCUT2D eigenvalue weighted by atomic mass is 16.4. The van der Waals surface area contributed by atoms with Crippen molar-refractivity contribution >= 4 is 82.8 Å². The summed E-state index contributed by atoms with van der Waals surface area (Å²) in [4.78, 5) is 181. The second kappa shape index (κ2) is 35.6. The minimum atomic E-state index is -1.81. The number of aliphatic hydroxyl groups excluding tert-OH is 4. The summed E-state index contributed by atoms with van der Waals surface area (Å²) in [7, 11) is 0. The molecule has 20 N–H and O–H groups in total. The Bertz CT molecular complexity index is 2500. The number of benzene rings is 1. The predicted molar refractivity (Wildman–Crippen MR) is 290 cm³/mol. The standard InChI is InChI=1S/C51H79N13O20/c1-24(2)18-31(45(77)61-33(21-65)44(76)54-20-38(70)57-30(14-15-37(53)69)50(82)64-17-9-12-36(64)51(83)84)58-42(74)26(4)56-49(81)40(27(5)68)63-46(78)32(19-28-10-7-6-8-11-28)59-41(73)25(3)55-47(79)34(22-66)62-48(80)35(23-67)60-43(75)29(52)13-16-39(71)72/h6-8,10-11,24-27,29-36,40,65-68H,9,12-23,52H2,1-5H3,(H2,53,69)(H,54,76)(H,55,79)(H,56,81)(H,57,70)(H,58,74)(H,59,73)(H,60,75)(H,61,77)(H,62,80)(H,63,78)(H,71,72)(H,83,84)/t25-,26-,27+,29-,30-,31-,32-,33-,34-,35-,36-,40-/m0/s1. The Morgan fingerprint density at radius 3 is 1.57 bits per heavy atom. The molecule has 33 heteroatoms. The average molecular weight is 1190 g/mol. The minimum Gasteiger partial charge on any atom is -0.481 e. The molecule has 0 unspecified atom stereocenters. The Balaban J connectivity index is 2.15. The molecule has 1 aromatic rings. The molecular formula is C51H79N13O20. The fourth-order valence-electron chi connectivity index (χ4n) is 8.15. The normalized spacial score (nSPS) is 16.8. The van der Waals surface area contributed by atoms with Gasteiger partial charge in [0.25, 0.3) is 0 Å². The molecule has 0 radical (unpaired) electrons. The van der Waals surface area contributed by atoms with E-state index in [-0.39, 0.29) is 51.0 Å². The summed E-state index contributed by atoms with van der Waals surface area (Å²) in [5.74, 6) is -14.9. The van der Waals surface area contributed by atoms with Crippen molar-refractivity contribution in [1.82, 2.24) is 58.1 Å². The molecule has 12 atom stereocenters. The van der Waals surface area contributed by atoms with Gasteiger partial charge in [-0.05, 0) is 64.4 Å². The van der Waals surface area contributed by atoms with Gasteiger partial charge < -0.3 is 100 Å². The summed E-state index contributed by atoms with van der Waals surface area (Å²) in [6, 6.07) is -8.79. The van der Waals surface area contributed by atoms with Gasteiger partial charge in [0.1, 0.15) is 60.4 Å².